The van der Waals surface area contributed by atoms with Crippen LogP contribution in [0.2, 0.25) is 0 Å². The van der Waals surface area contributed by atoms with Crippen LogP contribution in [0.5, 0.6) is 0 Å². The van der Waals surface area contributed by atoms with Crippen molar-refractivity contribution in [3.63, 3.8) is 0 Å². The highest BCUT2D eigenvalue weighted by molar-refractivity contribution is 5.92. The van der Waals surface area contributed by atoms with Gasteiger partial charge in [-0.05, 0) is 18.9 Å². The van der Waals surface area contributed by atoms with Crippen molar-refractivity contribution in [2.24, 2.45) is 5.73 Å². The van der Waals surface area contributed by atoms with Gasteiger partial charge in [0.05, 0.1) is 5.54 Å². The number of nitrogens with zero attached hydrogens (tertiary/aromatic N) is 1. The van der Waals surface area contributed by atoms with E-state index in [4.69, 9.17) is 5.73 Å². The Hall–Kier alpha value is -1.69. The molecule has 0 saturated heterocycles. The number of carbonyl (C=O) groups is 1. The molecule has 1 heterocycles. The number of amides is 1. The fourth-order valence-corrected chi connectivity index (χ4v) is 1.54. The van der Waals surface area contributed by atoms with Gasteiger partial charge in [-0.25, -0.2) is 5.10 Å². The molecule has 0 atom stereocenters. The summed E-state index contributed by atoms with van der Waals surface area (Å²) in [4.78, 5) is 22.7. The fourth-order valence-electron chi connectivity index (χ4n) is 1.54. The van der Waals surface area contributed by atoms with Crippen LogP contribution in [0.3, 0.4) is 0 Å². The van der Waals surface area contributed by atoms with Crippen LogP contribution < -0.4 is 16.6 Å². The van der Waals surface area contributed by atoms with Crippen LogP contribution in [0.15, 0.2) is 16.9 Å². The topological polar surface area (TPSA) is 101 Å². The number of nitrogens with one attached hydrogen (secondary N) is 2. The molecule has 0 aliphatic heterocycles. The van der Waals surface area contributed by atoms with Crippen molar-refractivity contribution in [1.29, 1.82) is 0 Å². The highest BCUT2D eigenvalue weighted by Crippen LogP contribution is 2.13. The zero-order valence-electron chi connectivity index (χ0n) is 10.1. The third kappa shape index (κ3) is 3.13. The molecule has 1 aromatic heterocycles. The van der Waals surface area contributed by atoms with E-state index in [1.165, 1.54) is 12.1 Å². The molecule has 0 unspecified atom stereocenters. The lowest BCUT2D eigenvalue weighted by atomic mass is 9.93. The van der Waals surface area contributed by atoms with Crippen molar-refractivity contribution >= 4 is 5.91 Å². The number of aromatic amines is 1. The summed E-state index contributed by atoms with van der Waals surface area (Å²) in [5, 5.41) is 8.76. The zero-order chi connectivity index (χ0) is 12.9. The Labute approximate surface area is 99.6 Å². The number of rotatable bonds is 5. The van der Waals surface area contributed by atoms with Gasteiger partial charge in [0.15, 0.2) is 0 Å². The number of nitrogens with two attached hydrogens (primary N) is 1. The molecule has 6 heteroatoms. The standard InChI is InChI=1S/C11H18N4O2/c1-3-11(4-2,7-12)13-10(17)8-5-6-9(16)15-14-8/h5-6H,3-4,7,12H2,1-2H3,(H,13,17)(H,15,16). The van der Waals surface area contributed by atoms with E-state index in [-0.39, 0.29) is 17.2 Å². The first-order chi connectivity index (χ1) is 8.06. The average Bonchev–Trinajstić information content (AvgIpc) is 2.37. The van der Waals surface area contributed by atoms with E-state index in [1.807, 2.05) is 13.8 Å². The number of hydrogen-bond acceptors (Lipinski definition) is 4. The summed E-state index contributed by atoms with van der Waals surface area (Å²) in [5.74, 6) is -0.324. The maximum Gasteiger partial charge on any atom is 0.272 e. The second kappa shape index (κ2) is 5.58. The summed E-state index contributed by atoms with van der Waals surface area (Å²) in [6.07, 6.45) is 1.49. The van der Waals surface area contributed by atoms with Crippen LogP contribution in [0.4, 0.5) is 0 Å². The molecule has 0 fully saturated rings. The summed E-state index contributed by atoms with van der Waals surface area (Å²) in [5.41, 5.74) is 5.13. The van der Waals surface area contributed by atoms with Crippen LogP contribution in [0.25, 0.3) is 0 Å². The van der Waals surface area contributed by atoms with Gasteiger partial charge in [0, 0.05) is 12.6 Å². The monoisotopic (exact) mass is 238 g/mol. The van der Waals surface area contributed by atoms with Crippen molar-refractivity contribution < 1.29 is 4.79 Å². The Morgan fingerprint density at radius 3 is 2.53 bits per heavy atom. The van der Waals surface area contributed by atoms with E-state index < -0.39 is 5.54 Å². The molecule has 0 radical (unpaired) electrons. The molecule has 0 aromatic carbocycles. The molecule has 0 aliphatic rings. The third-order valence-corrected chi connectivity index (χ3v) is 3.03. The molecule has 0 spiro atoms. The van der Waals surface area contributed by atoms with Gasteiger partial charge in [0.2, 0.25) is 0 Å². The smallest absolute Gasteiger partial charge is 0.272 e. The number of hydrogen-bond donors (Lipinski definition) is 3. The van der Waals surface area contributed by atoms with Crippen molar-refractivity contribution in [2.75, 3.05) is 6.54 Å². The van der Waals surface area contributed by atoms with Crippen molar-refractivity contribution in [3.8, 4) is 0 Å². The minimum absolute atomic E-state index is 0.185. The van der Waals surface area contributed by atoms with Gasteiger partial charge in [0.25, 0.3) is 11.5 Å². The highest BCUT2D eigenvalue weighted by atomic mass is 16.2. The van der Waals surface area contributed by atoms with Crippen LogP contribution in [-0.4, -0.2) is 28.2 Å². The Kier molecular flexibility index (Phi) is 4.39. The Morgan fingerprint density at radius 1 is 1.47 bits per heavy atom. The first-order valence-electron chi connectivity index (χ1n) is 5.65. The van der Waals surface area contributed by atoms with Crippen LogP contribution in [0.1, 0.15) is 37.2 Å². The zero-order valence-corrected chi connectivity index (χ0v) is 10.1. The maximum absolute atomic E-state index is 11.9. The van der Waals surface area contributed by atoms with E-state index in [0.717, 1.165) is 12.8 Å². The Balaban J connectivity index is 2.84. The minimum atomic E-state index is -0.408. The quantitative estimate of drug-likeness (QED) is 0.673. The van der Waals surface area contributed by atoms with E-state index >= 15 is 0 Å². The van der Waals surface area contributed by atoms with Crippen molar-refractivity contribution in [2.45, 2.75) is 32.2 Å². The SMILES string of the molecule is CCC(CC)(CN)NC(=O)c1ccc(=O)[nH]n1. The molecular weight excluding hydrogens is 220 g/mol. The van der Waals surface area contributed by atoms with E-state index in [1.54, 1.807) is 0 Å². The van der Waals surface area contributed by atoms with Crippen LogP contribution >= 0.6 is 0 Å². The second-order valence-corrected chi connectivity index (χ2v) is 3.95. The number of H-pyrrole nitrogens is 1. The molecule has 1 aromatic rings. The van der Waals surface area contributed by atoms with Gasteiger partial charge in [-0.2, -0.15) is 5.10 Å². The van der Waals surface area contributed by atoms with Gasteiger partial charge in [-0.1, -0.05) is 13.8 Å². The van der Waals surface area contributed by atoms with Crippen molar-refractivity contribution in [1.82, 2.24) is 15.5 Å². The molecule has 1 rings (SSSR count). The van der Waals surface area contributed by atoms with Crippen LogP contribution in [-0.2, 0) is 0 Å². The summed E-state index contributed by atoms with van der Waals surface area (Å²) >= 11 is 0. The maximum atomic E-state index is 11.9. The second-order valence-electron chi connectivity index (χ2n) is 3.95. The summed E-state index contributed by atoms with van der Waals surface area (Å²) < 4.78 is 0. The number of carbonyl (C=O) groups excluding carboxylic acids is 1. The minimum Gasteiger partial charge on any atom is -0.344 e. The third-order valence-electron chi connectivity index (χ3n) is 3.03. The van der Waals surface area contributed by atoms with Gasteiger partial charge < -0.3 is 11.1 Å². The lowest BCUT2D eigenvalue weighted by molar-refractivity contribution is 0.0889. The van der Waals surface area contributed by atoms with Gasteiger partial charge in [-0.3, -0.25) is 9.59 Å². The molecule has 6 nitrogen and oxygen atoms in total. The molecule has 0 bridgehead atoms. The Bertz CT molecular complexity index is 409. The van der Waals surface area contributed by atoms with Gasteiger partial charge in [0.1, 0.15) is 5.69 Å². The summed E-state index contributed by atoms with van der Waals surface area (Å²) in [6.45, 7) is 4.31. The van der Waals surface area contributed by atoms with Gasteiger partial charge in [-0.15, -0.1) is 0 Å². The molecule has 4 N–H and O–H groups in total. The van der Waals surface area contributed by atoms with Crippen LogP contribution in [0, 0.1) is 0 Å². The Morgan fingerprint density at radius 2 is 2.12 bits per heavy atom. The fraction of sp³-hybridized carbons (Fsp3) is 0.545. The van der Waals surface area contributed by atoms with Gasteiger partial charge >= 0.3 is 0 Å². The average molecular weight is 238 g/mol. The summed E-state index contributed by atoms with van der Waals surface area (Å²) in [6, 6.07) is 2.66. The molecule has 1 amide bonds. The summed E-state index contributed by atoms with van der Waals surface area (Å²) in [7, 11) is 0. The molecule has 0 aliphatic carbocycles. The molecular formula is C11H18N4O2. The van der Waals surface area contributed by atoms with E-state index in [9.17, 15) is 9.59 Å². The highest BCUT2D eigenvalue weighted by Gasteiger charge is 2.27. The molecule has 17 heavy (non-hydrogen) atoms. The lowest BCUT2D eigenvalue weighted by Gasteiger charge is -2.31. The van der Waals surface area contributed by atoms with E-state index in [0.29, 0.717) is 6.54 Å². The molecule has 94 valence electrons. The normalized spacial score (nSPS) is 11.2. The molecule has 0 saturated carbocycles. The predicted molar refractivity (Wildman–Crippen MR) is 64.7 cm³/mol. The lowest BCUT2D eigenvalue weighted by Crippen LogP contribution is -2.53. The predicted octanol–water partition coefficient (Wildman–Crippen LogP) is 0.0172. The first-order valence-corrected chi connectivity index (χ1v) is 5.65. The largest absolute Gasteiger partial charge is 0.344 e. The van der Waals surface area contributed by atoms with E-state index in [2.05, 4.69) is 15.5 Å². The van der Waals surface area contributed by atoms with Crippen molar-refractivity contribution in [3.05, 3.63) is 28.2 Å². The number of aromatic nitrogens is 2. The first kappa shape index (κ1) is 13.4.